The molecule has 0 atom stereocenters. The number of ether oxygens (including phenoxy) is 2. The van der Waals surface area contributed by atoms with Crippen LogP contribution in [0.1, 0.15) is 19.8 Å². The Kier molecular flexibility index (Phi) is 6.41. The third-order valence-corrected chi connectivity index (χ3v) is 3.08. The largest absolute Gasteiger partial charge is 0.494 e. The van der Waals surface area contributed by atoms with E-state index in [9.17, 15) is 9.18 Å². The predicted molar refractivity (Wildman–Crippen MR) is 87.4 cm³/mol. The van der Waals surface area contributed by atoms with Gasteiger partial charge in [0.05, 0.1) is 18.9 Å². The smallest absolute Gasteiger partial charge is 0.224 e. The van der Waals surface area contributed by atoms with Crippen molar-refractivity contribution in [3.05, 3.63) is 54.3 Å². The van der Waals surface area contributed by atoms with Gasteiger partial charge >= 0.3 is 0 Å². The van der Waals surface area contributed by atoms with Crippen LogP contribution in [-0.2, 0) is 4.79 Å². The Morgan fingerprint density at radius 1 is 1.13 bits per heavy atom. The Morgan fingerprint density at radius 3 is 2.65 bits per heavy atom. The summed E-state index contributed by atoms with van der Waals surface area (Å²) >= 11 is 0. The number of amides is 1. The Labute approximate surface area is 135 Å². The van der Waals surface area contributed by atoms with E-state index in [1.54, 1.807) is 6.92 Å². The molecule has 0 saturated heterocycles. The number of carbonyl (C=O) groups excluding carboxylic acids is 1. The summed E-state index contributed by atoms with van der Waals surface area (Å²) in [6.45, 7) is 2.66. The predicted octanol–water partition coefficient (Wildman–Crippen LogP) is 4.02. The van der Waals surface area contributed by atoms with Crippen LogP contribution in [-0.4, -0.2) is 19.1 Å². The molecule has 0 aliphatic heterocycles. The van der Waals surface area contributed by atoms with Crippen LogP contribution in [0.5, 0.6) is 11.5 Å². The summed E-state index contributed by atoms with van der Waals surface area (Å²) in [5.74, 6) is 0.559. The summed E-state index contributed by atoms with van der Waals surface area (Å²) in [4.78, 5) is 11.9. The molecule has 2 rings (SSSR count). The fourth-order valence-electron chi connectivity index (χ4n) is 2.03. The fraction of sp³-hybridized carbons (Fsp3) is 0.278. The van der Waals surface area contributed by atoms with Crippen molar-refractivity contribution in [1.82, 2.24) is 0 Å². The summed E-state index contributed by atoms with van der Waals surface area (Å²) in [6.07, 6.45) is 0.904. The molecule has 0 bridgehead atoms. The second-order valence-corrected chi connectivity index (χ2v) is 4.89. The number of para-hydroxylation sites is 1. The summed E-state index contributed by atoms with van der Waals surface area (Å²) in [5.41, 5.74) is 0.474. The van der Waals surface area contributed by atoms with Gasteiger partial charge in [0.1, 0.15) is 17.3 Å². The molecular weight excluding hydrogens is 297 g/mol. The van der Waals surface area contributed by atoms with Crippen molar-refractivity contribution in [3.8, 4) is 11.5 Å². The van der Waals surface area contributed by atoms with Crippen molar-refractivity contribution >= 4 is 11.6 Å². The Hall–Kier alpha value is -2.56. The van der Waals surface area contributed by atoms with Crippen LogP contribution >= 0.6 is 0 Å². The number of nitrogens with one attached hydrogen (secondary N) is 1. The van der Waals surface area contributed by atoms with Crippen LogP contribution < -0.4 is 14.8 Å². The Morgan fingerprint density at radius 2 is 1.91 bits per heavy atom. The molecule has 0 fully saturated rings. The normalized spacial score (nSPS) is 10.2. The molecule has 0 aromatic heterocycles. The lowest BCUT2D eigenvalue weighted by Crippen LogP contribution is -2.14. The second kappa shape index (κ2) is 8.78. The van der Waals surface area contributed by atoms with E-state index in [1.165, 1.54) is 18.2 Å². The first-order chi connectivity index (χ1) is 11.2. The maximum Gasteiger partial charge on any atom is 0.224 e. The molecule has 2 aromatic rings. The SMILES string of the molecule is CCOc1cc(F)ccc1NC(=O)CCCOc1ccccc1. The lowest BCUT2D eigenvalue weighted by atomic mass is 10.2. The molecule has 122 valence electrons. The molecule has 0 aliphatic rings. The molecule has 1 amide bonds. The highest BCUT2D eigenvalue weighted by Gasteiger charge is 2.09. The number of hydrogen-bond acceptors (Lipinski definition) is 3. The highest BCUT2D eigenvalue weighted by atomic mass is 19.1. The van der Waals surface area contributed by atoms with Gasteiger partial charge in [-0.15, -0.1) is 0 Å². The average molecular weight is 317 g/mol. The first-order valence-corrected chi connectivity index (χ1v) is 7.59. The molecule has 23 heavy (non-hydrogen) atoms. The van der Waals surface area contributed by atoms with Crippen LogP contribution in [0, 0.1) is 5.82 Å². The molecule has 0 aliphatic carbocycles. The van der Waals surface area contributed by atoms with Crippen LogP contribution in [0.2, 0.25) is 0 Å². The molecule has 5 heteroatoms. The van der Waals surface area contributed by atoms with Gasteiger partial charge in [-0.2, -0.15) is 0 Å². The zero-order chi connectivity index (χ0) is 16.5. The van der Waals surface area contributed by atoms with E-state index in [2.05, 4.69) is 5.32 Å². The minimum atomic E-state index is -0.400. The fourth-order valence-corrected chi connectivity index (χ4v) is 2.03. The van der Waals surface area contributed by atoms with Gasteiger partial charge in [0.2, 0.25) is 5.91 Å². The number of benzene rings is 2. The summed E-state index contributed by atoms with van der Waals surface area (Å²) in [5, 5.41) is 2.74. The summed E-state index contributed by atoms with van der Waals surface area (Å²) in [6, 6.07) is 13.5. The van der Waals surface area contributed by atoms with Gasteiger partial charge in [0.15, 0.2) is 0 Å². The van der Waals surface area contributed by atoms with Gasteiger partial charge in [-0.3, -0.25) is 4.79 Å². The van der Waals surface area contributed by atoms with Gasteiger partial charge in [0, 0.05) is 12.5 Å². The van der Waals surface area contributed by atoms with Crippen molar-refractivity contribution in [1.29, 1.82) is 0 Å². The molecule has 0 saturated carbocycles. The van der Waals surface area contributed by atoms with Gasteiger partial charge in [-0.1, -0.05) is 18.2 Å². The quantitative estimate of drug-likeness (QED) is 0.748. The van der Waals surface area contributed by atoms with Crippen molar-refractivity contribution in [2.75, 3.05) is 18.5 Å². The van der Waals surface area contributed by atoms with E-state index >= 15 is 0 Å². The first-order valence-electron chi connectivity index (χ1n) is 7.59. The third kappa shape index (κ3) is 5.62. The minimum Gasteiger partial charge on any atom is -0.494 e. The van der Waals surface area contributed by atoms with Crippen molar-refractivity contribution in [3.63, 3.8) is 0 Å². The van der Waals surface area contributed by atoms with Gasteiger partial charge in [-0.25, -0.2) is 4.39 Å². The van der Waals surface area contributed by atoms with Gasteiger partial charge < -0.3 is 14.8 Å². The standard InChI is InChI=1S/C18H20FNO3/c1-2-22-17-13-14(19)10-11-16(17)20-18(21)9-6-12-23-15-7-4-3-5-8-15/h3-5,7-8,10-11,13H,2,6,9,12H2,1H3,(H,20,21). The van der Waals surface area contributed by atoms with E-state index in [1.807, 2.05) is 30.3 Å². The van der Waals surface area contributed by atoms with Crippen LogP contribution in [0.25, 0.3) is 0 Å². The summed E-state index contributed by atoms with van der Waals surface area (Å²) < 4.78 is 24.1. The van der Waals surface area contributed by atoms with Crippen LogP contribution in [0.15, 0.2) is 48.5 Å². The van der Waals surface area contributed by atoms with Crippen LogP contribution in [0.3, 0.4) is 0 Å². The number of hydrogen-bond donors (Lipinski definition) is 1. The number of halogens is 1. The molecule has 0 spiro atoms. The Bertz CT molecular complexity index is 631. The van der Waals surface area contributed by atoms with Gasteiger partial charge in [0.25, 0.3) is 0 Å². The molecule has 4 nitrogen and oxygen atoms in total. The van der Waals surface area contributed by atoms with E-state index in [0.29, 0.717) is 37.5 Å². The first kappa shape index (κ1) is 16.8. The van der Waals surface area contributed by atoms with E-state index in [4.69, 9.17) is 9.47 Å². The molecule has 0 heterocycles. The zero-order valence-electron chi connectivity index (χ0n) is 13.0. The van der Waals surface area contributed by atoms with Crippen molar-refractivity contribution in [2.45, 2.75) is 19.8 Å². The van der Waals surface area contributed by atoms with Crippen molar-refractivity contribution < 1.29 is 18.7 Å². The summed E-state index contributed by atoms with van der Waals surface area (Å²) in [7, 11) is 0. The van der Waals surface area contributed by atoms with Crippen molar-refractivity contribution in [2.24, 2.45) is 0 Å². The van der Waals surface area contributed by atoms with E-state index in [0.717, 1.165) is 5.75 Å². The topological polar surface area (TPSA) is 47.6 Å². The maximum atomic E-state index is 13.2. The molecular formula is C18H20FNO3. The van der Waals surface area contributed by atoms with Gasteiger partial charge in [-0.05, 0) is 37.6 Å². The van der Waals surface area contributed by atoms with E-state index < -0.39 is 5.82 Å². The maximum absolute atomic E-state index is 13.2. The average Bonchev–Trinajstić information content (AvgIpc) is 2.55. The molecule has 0 radical (unpaired) electrons. The number of anilines is 1. The Balaban J connectivity index is 1.78. The molecule has 1 N–H and O–H groups in total. The van der Waals surface area contributed by atoms with E-state index in [-0.39, 0.29) is 5.91 Å². The number of carbonyl (C=O) groups is 1. The lowest BCUT2D eigenvalue weighted by molar-refractivity contribution is -0.116. The highest BCUT2D eigenvalue weighted by Crippen LogP contribution is 2.25. The second-order valence-electron chi connectivity index (χ2n) is 4.89. The lowest BCUT2D eigenvalue weighted by Gasteiger charge is -2.11. The van der Waals surface area contributed by atoms with Crippen LogP contribution in [0.4, 0.5) is 10.1 Å². The monoisotopic (exact) mass is 317 g/mol. The zero-order valence-corrected chi connectivity index (χ0v) is 13.0. The highest BCUT2D eigenvalue weighted by molar-refractivity contribution is 5.92. The third-order valence-electron chi connectivity index (χ3n) is 3.08. The number of rotatable bonds is 8. The minimum absolute atomic E-state index is 0.158. The molecule has 0 unspecified atom stereocenters. The molecule has 2 aromatic carbocycles.